The molecule has 5 nitrogen and oxygen atoms in total. The van der Waals surface area contributed by atoms with Crippen LogP contribution in [0.25, 0.3) is 0 Å². The first-order valence-electron chi connectivity index (χ1n) is 3.42. The van der Waals surface area contributed by atoms with Gasteiger partial charge in [-0.05, 0) is 20.8 Å². The Kier molecular flexibility index (Phi) is 6.23. The minimum absolute atomic E-state index is 0. The van der Waals surface area contributed by atoms with Gasteiger partial charge in [0.05, 0.1) is 0 Å². The molecule has 0 heterocycles. The first-order chi connectivity index (χ1) is 5.58. The summed E-state index contributed by atoms with van der Waals surface area (Å²) in [6.45, 7) is 6.63. The van der Waals surface area contributed by atoms with Crippen LogP contribution < -0.4 is 29.6 Å². The molecule has 0 spiro atoms. The molecule has 0 unspecified atom stereocenters. The van der Waals surface area contributed by atoms with Crippen molar-refractivity contribution in [2.45, 2.75) is 25.7 Å². The second-order valence-corrected chi connectivity index (χ2v) is 4.92. The number of rotatable bonds is 3. The first kappa shape index (κ1) is 16.5. The van der Waals surface area contributed by atoms with Crippen LogP contribution in [0.15, 0.2) is 12.2 Å². The summed E-state index contributed by atoms with van der Waals surface area (Å²) in [5, 5.41) is 0. The molecule has 14 heavy (non-hydrogen) atoms. The number of hydrogen-bond acceptors (Lipinski definition) is 5. The van der Waals surface area contributed by atoms with Gasteiger partial charge in [0.1, 0.15) is 10.1 Å². The Morgan fingerprint density at radius 2 is 1.79 bits per heavy atom. The number of carbonyl (C=O) groups excluding carboxylic acids is 1. The van der Waals surface area contributed by atoms with Gasteiger partial charge in [0.2, 0.25) is 0 Å². The van der Waals surface area contributed by atoms with Crippen molar-refractivity contribution in [2.24, 2.45) is 0 Å². The predicted molar refractivity (Wildman–Crippen MR) is 44.7 cm³/mol. The van der Waals surface area contributed by atoms with Crippen molar-refractivity contribution in [3.05, 3.63) is 12.2 Å². The maximum atomic E-state index is 10.9. The van der Waals surface area contributed by atoms with E-state index in [0.717, 1.165) is 13.8 Å². The van der Waals surface area contributed by atoms with Gasteiger partial charge in [-0.25, -0.2) is 13.2 Å². The van der Waals surface area contributed by atoms with E-state index in [1.165, 1.54) is 6.92 Å². The largest absolute Gasteiger partial charge is 1.00 e. The maximum Gasteiger partial charge on any atom is 1.00 e. The molecule has 0 saturated carbocycles. The average molecular weight is 230 g/mol. The van der Waals surface area contributed by atoms with Crippen molar-refractivity contribution in [3.63, 3.8) is 0 Å². The van der Waals surface area contributed by atoms with Gasteiger partial charge in [-0.1, -0.05) is 6.58 Å². The van der Waals surface area contributed by atoms with Gasteiger partial charge in [-0.15, -0.1) is 0 Å². The van der Waals surface area contributed by atoms with E-state index in [1.807, 2.05) is 0 Å². The van der Waals surface area contributed by atoms with Gasteiger partial charge in [0, 0.05) is 5.57 Å². The van der Waals surface area contributed by atoms with Crippen LogP contribution in [0.3, 0.4) is 0 Å². The van der Waals surface area contributed by atoms with Crippen LogP contribution in [0.4, 0.5) is 0 Å². The summed E-state index contributed by atoms with van der Waals surface area (Å²) in [7, 11) is -4.67. The third kappa shape index (κ3) is 4.56. The molecule has 76 valence electrons. The fourth-order valence-electron chi connectivity index (χ4n) is 0.361. The van der Waals surface area contributed by atoms with E-state index in [-0.39, 0.29) is 35.1 Å². The Morgan fingerprint density at radius 3 is 2.00 bits per heavy atom. The Morgan fingerprint density at radius 1 is 1.43 bits per heavy atom. The van der Waals surface area contributed by atoms with Crippen LogP contribution in [0.1, 0.15) is 20.8 Å². The topological polar surface area (TPSA) is 83.5 Å². The smallest absolute Gasteiger partial charge is 0.745 e. The van der Waals surface area contributed by atoms with E-state index in [1.54, 1.807) is 0 Å². The molecule has 0 saturated heterocycles. The molecule has 0 radical (unpaired) electrons. The molecule has 0 bridgehead atoms. The molecule has 0 aromatic carbocycles. The monoisotopic (exact) mass is 230 g/mol. The Labute approximate surface area is 106 Å². The zero-order valence-electron chi connectivity index (χ0n) is 8.66. The standard InChI is InChI=1S/C7H12O5S.Na/c1-5(2)6(8)12-7(3,4)13(9,10)11;/h1H2,2-4H3,(H,9,10,11);/q;+1/p-1. The van der Waals surface area contributed by atoms with Crippen molar-refractivity contribution < 1.29 is 52.1 Å². The van der Waals surface area contributed by atoms with E-state index in [4.69, 9.17) is 0 Å². The van der Waals surface area contributed by atoms with E-state index in [9.17, 15) is 17.8 Å². The van der Waals surface area contributed by atoms with Crippen LogP contribution in [0.2, 0.25) is 0 Å². The molecule has 0 aromatic rings. The number of ether oxygens (including phenoxy) is 1. The molecule has 7 heteroatoms. The summed E-state index contributed by atoms with van der Waals surface area (Å²) in [6, 6.07) is 0. The molecule has 0 amide bonds. The van der Waals surface area contributed by atoms with Gasteiger partial charge in [-0.3, -0.25) is 0 Å². The summed E-state index contributed by atoms with van der Waals surface area (Å²) < 4.78 is 36.1. The summed E-state index contributed by atoms with van der Waals surface area (Å²) in [5.41, 5.74) is 0.0386. The number of hydrogen-bond donors (Lipinski definition) is 0. The van der Waals surface area contributed by atoms with Crippen molar-refractivity contribution in [1.82, 2.24) is 0 Å². The van der Waals surface area contributed by atoms with Crippen LogP contribution >= 0.6 is 0 Å². The molecule has 0 atom stereocenters. The normalized spacial score (nSPS) is 11.4. The maximum absolute atomic E-state index is 10.9. The van der Waals surface area contributed by atoms with Gasteiger partial charge in [0.25, 0.3) is 0 Å². The fourth-order valence-corrected chi connectivity index (χ4v) is 0.539. The molecule has 0 rings (SSSR count). The Hall–Kier alpha value is 0.120. The minimum atomic E-state index is -4.67. The molecule has 0 aliphatic rings. The van der Waals surface area contributed by atoms with Gasteiger partial charge in [0.15, 0.2) is 4.93 Å². The number of carbonyl (C=O) groups is 1. The first-order valence-corrected chi connectivity index (χ1v) is 4.83. The third-order valence-corrected chi connectivity index (χ3v) is 2.58. The van der Waals surface area contributed by atoms with E-state index in [0.29, 0.717) is 0 Å². The average Bonchev–Trinajstić information content (AvgIpc) is 1.83. The second kappa shape index (κ2) is 5.27. The van der Waals surface area contributed by atoms with Gasteiger partial charge >= 0.3 is 35.5 Å². The molecule has 0 aliphatic carbocycles. The second-order valence-electron chi connectivity index (χ2n) is 3.02. The zero-order valence-corrected chi connectivity index (χ0v) is 11.5. The molecule has 0 aromatic heterocycles. The summed E-state index contributed by atoms with van der Waals surface area (Å²) >= 11 is 0. The van der Waals surface area contributed by atoms with E-state index in [2.05, 4.69) is 11.3 Å². The molecule has 0 aliphatic heterocycles. The summed E-state index contributed by atoms with van der Waals surface area (Å²) in [6.07, 6.45) is 0. The number of esters is 1. The van der Waals surface area contributed by atoms with Crippen molar-refractivity contribution in [2.75, 3.05) is 0 Å². The molecular weight excluding hydrogens is 219 g/mol. The Balaban J connectivity index is 0. The van der Waals surface area contributed by atoms with E-state index < -0.39 is 21.0 Å². The molecule has 0 N–H and O–H groups in total. The van der Waals surface area contributed by atoms with Gasteiger partial charge < -0.3 is 9.29 Å². The van der Waals surface area contributed by atoms with Crippen molar-refractivity contribution >= 4 is 16.1 Å². The van der Waals surface area contributed by atoms with Gasteiger partial charge in [-0.2, -0.15) is 0 Å². The molecule has 0 fully saturated rings. The van der Waals surface area contributed by atoms with E-state index >= 15 is 0 Å². The predicted octanol–water partition coefficient (Wildman–Crippen LogP) is -2.61. The quantitative estimate of drug-likeness (QED) is 0.229. The van der Waals surface area contributed by atoms with Crippen molar-refractivity contribution in [1.29, 1.82) is 0 Å². The summed E-state index contributed by atoms with van der Waals surface area (Å²) in [4.78, 5) is 8.83. The van der Waals surface area contributed by atoms with Crippen LogP contribution in [-0.2, 0) is 19.6 Å². The third-order valence-electron chi connectivity index (χ3n) is 1.29. The summed E-state index contributed by atoms with van der Waals surface area (Å²) in [5.74, 6) is -0.899. The zero-order chi connectivity index (χ0) is 10.9. The minimum Gasteiger partial charge on any atom is -0.745 e. The SMILES string of the molecule is C=C(C)C(=O)OC(C)(C)S(=O)(=O)[O-].[Na+]. The Bertz CT molecular complexity index is 330. The fraction of sp³-hybridized carbons (Fsp3) is 0.571. The molecular formula is C7H11NaO5S. The van der Waals surface area contributed by atoms with Crippen LogP contribution in [0, 0.1) is 0 Å². The van der Waals surface area contributed by atoms with Crippen LogP contribution in [-0.4, -0.2) is 23.9 Å². The van der Waals surface area contributed by atoms with Crippen LogP contribution in [0.5, 0.6) is 0 Å². The van der Waals surface area contributed by atoms with Crippen molar-refractivity contribution in [3.8, 4) is 0 Å².